The van der Waals surface area contributed by atoms with E-state index in [1.807, 2.05) is 13.0 Å². The first-order valence-corrected chi connectivity index (χ1v) is 7.11. The molecule has 0 aliphatic heterocycles. The summed E-state index contributed by atoms with van der Waals surface area (Å²) in [5.41, 5.74) is 8.41. The zero-order valence-corrected chi connectivity index (χ0v) is 13.2. The normalized spacial score (nSPS) is 14.3. The van der Waals surface area contributed by atoms with Crippen LogP contribution < -0.4 is 10.6 Å². The van der Waals surface area contributed by atoms with Crippen LogP contribution in [0.15, 0.2) is 22.7 Å². The zero-order valence-electron chi connectivity index (χ0n) is 11.6. The average Bonchev–Trinajstić information content (AvgIpc) is 2.30. The highest BCUT2D eigenvalue weighted by atomic mass is 79.9. The number of benzene rings is 1. The highest BCUT2D eigenvalue weighted by Crippen LogP contribution is 2.30. The van der Waals surface area contributed by atoms with Crippen LogP contribution in [0.3, 0.4) is 0 Å². The SMILES string of the molecule is CCN(c1cc(Br)ccc1C(C)N)C(C)COC. The fraction of sp³-hybridized carbons (Fsp3) is 0.571. The molecule has 4 heteroatoms. The molecular formula is C14H23BrN2O. The number of nitrogens with two attached hydrogens (primary N) is 1. The first-order valence-electron chi connectivity index (χ1n) is 6.31. The van der Waals surface area contributed by atoms with Crippen molar-refractivity contribution in [2.75, 3.05) is 25.2 Å². The van der Waals surface area contributed by atoms with E-state index in [9.17, 15) is 0 Å². The second-order valence-electron chi connectivity index (χ2n) is 4.58. The molecule has 2 N–H and O–H groups in total. The lowest BCUT2D eigenvalue weighted by molar-refractivity contribution is 0.182. The van der Waals surface area contributed by atoms with Gasteiger partial charge in [0.1, 0.15) is 0 Å². The van der Waals surface area contributed by atoms with Gasteiger partial charge in [-0.25, -0.2) is 0 Å². The topological polar surface area (TPSA) is 38.5 Å². The number of halogens is 1. The molecule has 0 aromatic heterocycles. The van der Waals surface area contributed by atoms with Gasteiger partial charge in [-0.3, -0.25) is 0 Å². The third-order valence-electron chi connectivity index (χ3n) is 3.07. The summed E-state index contributed by atoms with van der Waals surface area (Å²) in [5, 5.41) is 0. The Morgan fingerprint density at radius 1 is 1.39 bits per heavy atom. The molecule has 3 nitrogen and oxygen atoms in total. The van der Waals surface area contributed by atoms with Crippen LogP contribution in [0.25, 0.3) is 0 Å². The van der Waals surface area contributed by atoms with E-state index >= 15 is 0 Å². The summed E-state index contributed by atoms with van der Waals surface area (Å²) in [5.74, 6) is 0. The minimum absolute atomic E-state index is 0.0249. The number of rotatable bonds is 6. The standard InChI is InChI=1S/C14H23BrN2O/c1-5-17(10(2)9-18-4)14-8-12(15)6-7-13(14)11(3)16/h6-8,10-11H,5,9,16H2,1-4H3. The van der Waals surface area contributed by atoms with E-state index in [-0.39, 0.29) is 6.04 Å². The lowest BCUT2D eigenvalue weighted by atomic mass is 10.0. The van der Waals surface area contributed by atoms with Crippen molar-refractivity contribution in [1.82, 2.24) is 0 Å². The highest BCUT2D eigenvalue weighted by Gasteiger charge is 2.17. The Morgan fingerprint density at radius 2 is 2.06 bits per heavy atom. The summed E-state index contributed by atoms with van der Waals surface area (Å²) >= 11 is 3.53. The van der Waals surface area contributed by atoms with E-state index in [1.165, 1.54) is 11.3 Å². The molecule has 102 valence electrons. The first-order chi connectivity index (χ1) is 8.51. The van der Waals surface area contributed by atoms with Gasteiger partial charge in [0.15, 0.2) is 0 Å². The number of likely N-dealkylation sites (N-methyl/N-ethyl adjacent to an activating group) is 1. The predicted octanol–water partition coefficient (Wildman–Crippen LogP) is 3.33. The van der Waals surface area contributed by atoms with E-state index in [0.717, 1.165) is 11.0 Å². The number of anilines is 1. The van der Waals surface area contributed by atoms with Crippen LogP contribution in [0.1, 0.15) is 32.4 Å². The largest absolute Gasteiger partial charge is 0.383 e. The monoisotopic (exact) mass is 314 g/mol. The quantitative estimate of drug-likeness (QED) is 0.875. The third-order valence-corrected chi connectivity index (χ3v) is 3.57. The molecule has 0 radical (unpaired) electrons. The van der Waals surface area contributed by atoms with Gasteiger partial charge in [-0.15, -0.1) is 0 Å². The lowest BCUT2D eigenvalue weighted by Gasteiger charge is -2.32. The van der Waals surface area contributed by atoms with Crippen LogP contribution in [0.4, 0.5) is 5.69 Å². The summed E-state index contributed by atoms with van der Waals surface area (Å²) < 4.78 is 6.33. The molecule has 0 fully saturated rings. The van der Waals surface area contributed by atoms with Gasteiger partial charge in [0.25, 0.3) is 0 Å². The zero-order chi connectivity index (χ0) is 13.7. The van der Waals surface area contributed by atoms with Gasteiger partial charge in [-0.2, -0.15) is 0 Å². The second kappa shape index (κ2) is 7.12. The molecule has 0 aliphatic rings. The van der Waals surface area contributed by atoms with Crippen molar-refractivity contribution < 1.29 is 4.74 Å². The van der Waals surface area contributed by atoms with Crippen molar-refractivity contribution in [3.8, 4) is 0 Å². The van der Waals surface area contributed by atoms with Gasteiger partial charge >= 0.3 is 0 Å². The van der Waals surface area contributed by atoms with Crippen molar-refractivity contribution in [2.45, 2.75) is 32.9 Å². The Kier molecular flexibility index (Phi) is 6.12. The predicted molar refractivity (Wildman–Crippen MR) is 81.1 cm³/mol. The Labute approximate surface area is 118 Å². The second-order valence-corrected chi connectivity index (χ2v) is 5.50. The van der Waals surface area contributed by atoms with Crippen molar-refractivity contribution in [3.05, 3.63) is 28.2 Å². The maximum atomic E-state index is 6.06. The lowest BCUT2D eigenvalue weighted by Crippen LogP contribution is -2.37. The summed E-state index contributed by atoms with van der Waals surface area (Å²) in [6.45, 7) is 7.97. The fourth-order valence-electron chi connectivity index (χ4n) is 2.20. The molecule has 0 amide bonds. The van der Waals surface area contributed by atoms with Crippen LogP contribution >= 0.6 is 15.9 Å². The van der Waals surface area contributed by atoms with Crippen LogP contribution in [0, 0.1) is 0 Å². The number of methoxy groups -OCH3 is 1. The summed E-state index contributed by atoms with van der Waals surface area (Å²) in [7, 11) is 1.73. The Balaban J connectivity index is 3.14. The minimum atomic E-state index is 0.0249. The summed E-state index contributed by atoms with van der Waals surface area (Å²) in [6.07, 6.45) is 0. The molecule has 0 bridgehead atoms. The molecule has 0 aliphatic carbocycles. The van der Waals surface area contributed by atoms with Gasteiger partial charge in [0.05, 0.1) is 6.61 Å². The molecule has 1 aromatic carbocycles. The van der Waals surface area contributed by atoms with E-state index in [0.29, 0.717) is 12.6 Å². The highest BCUT2D eigenvalue weighted by molar-refractivity contribution is 9.10. The number of hydrogen-bond acceptors (Lipinski definition) is 3. The van der Waals surface area contributed by atoms with Gasteiger partial charge in [-0.05, 0) is 38.5 Å². The maximum absolute atomic E-state index is 6.06. The smallest absolute Gasteiger partial charge is 0.0663 e. The van der Waals surface area contributed by atoms with Crippen molar-refractivity contribution >= 4 is 21.6 Å². The van der Waals surface area contributed by atoms with Gasteiger partial charge in [-0.1, -0.05) is 22.0 Å². The summed E-state index contributed by atoms with van der Waals surface area (Å²) in [4.78, 5) is 2.33. The van der Waals surface area contributed by atoms with Crippen LogP contribution in [0.5, 0.6) is 0 Å². The van der Waals surface area contributed by atoms with Crippen molar-refractivity contribution in [2.24, 2.45) is 5.73 Å². The number of hydrogen-bond donors (Lipinski definition) is 1. The minimum Gasteiger partial charge on any atom is -0.383 e. The van der Waals surface area contributed by atoms with Crippen molar-refractivity contribution in [3.63, 3.8) is 0 Å². The van der Waals surface area contributed by atoms with Gasteiger partial charge in [0, 0.05) is 35.9 Å². The molecule has 2 unspecified atom stereocenters. The van der Waals surface area contributed by atoms with Gasteiger partial charge in [0.2, 0.25) is 0 Å². The average molecular weight is 315 g/mol. The van der Waals surface area contributed by atoms with Crippen LogP contribution in [-0.2, 0) is 4.74 Å². The molecule has 0 spiro atoms. The van der Waals surface area contributed by atoms with Crippen LogP contribution in [-0.4, -0.2) is 26.3 Å². The molecule has 0 heterocycles. The molecule has 0 saturated heterocycles. The first kappa shape index (κ1) is 15.5. The van der Waals surface area contributed by atoms with E-state index < -0.39 is 0 Å². The summed E-state index contributed by atoms with van der Waals surface area (Å²) in [6, 6.07) is 6.61. The molecule has 2 atom stereocenters. The molecule has 0 saturated carbocycles. The van der Waals surface area contributed by atoms with Crippen LogP contribution in [0.2, 0.25) is 0 Å². The molecular weight excluding hydrogens is 292 g/mol. The molecule has 18 heavy (non-hydrogen) atoms. The molecule has 1 aromatic rings. The van der Waals surface area contributed by atoms with Crippen molar-refractivity contribution in [1.29, 1.82) is 0 Å². The number of nitrogens with zero attached hydrogens (tertiary/aromatic N) is 1. The Bertz CT molecular complexity index is 382. The Morgan fingerprint density at radius 3 is 2.56 bits per heavy atom. The molecule has 1 rings (SSSR count). The van der Waals surface area contributed by atoms with E-state index in [4.69, 9.17) is 10.5 Å². The van der Waals surface area contributed by atoms with Gasteiger partial charge < -0.3 is 15.4 Å². The van der Waals surface area contributed by atoms with E-state index in [2.05, 4.69) is 46.8 Å². The van der Waals surface area contributed by atoms with E-state index in [1.54, 1.807) is 7.11 Å². The Hall–Kier alpha value is -0.580. The maximum Gasteiger partial charge on any atom is 0.0663 e. The fourth-order valence-corrected chi connectivity index (χ4v) is 2.55. The number of ether oxygens (including phenoxy) is 1. The third kappa shape index (κ3) is 3.70.